The molecule has 108 valence electrons. The summed E-state index contributed by atoms with van der Waals surface area (Å²) in [5, 5.41) is 22.4. The zero-order valence-electron chi connectivity index (χ0n) is 12.4. The maximum Gasteiger partial charge on any atom is 0.102 e. The second-order valence-corrected chi connectivity index (χ2v) is 5.53. The van der Waals surface area contributed by atoms with Crippen LogP contribution in [0.3, 0.4) is 0 Å². The summed E-state index contributed by atoms with van der Waals surface area (Å²) in [6.45, 7) is 2.00. The third kappa shape index (κ3) is 2.59. The van der Waals surface area contributed by atoms with E-state index >= 15 is 0 Å². The van der Waals surface area contributed by atoms with Gasteiger partial charge in [0.1, 0.15) is 5.92 Å². The minimum Gasteiger partial charge on any atom is -0.387 e. The van der Waals surface area contributed by atoms with Crippen LogP contribution in [0.5, 0.6) is 0 Å². The molecule has 0 aromatic heterocycles. The molecule has 0 radical (unpaired) electrons. The molecule has 0 unspecified atom stereocenters. The highest BCUT2D eigenvalue weighted by atomic mass is 16.3. The Morgan fingerprint density at radius 3 is 2.32 bits per heavy atom. The van der Waals surface area contributed by atoms with Crippen molar-refractivity contribution in [3.8, 4) is 6.07 Å². The predicted molar refractivity (Wildman–Crippen MR) is 88.4 cm³/mol. The lowest BCUT2D eigenvalue weighted by Crippen LogP contribution is -2.09. The van der Waals surface area contributed by atoms with E-state index in [1.54, 1.807) is 0 Å². The lowest BCUT2D eigenvalue weighted by atomic mass is 9.87. The summed E-state index contributed by atoms with van der Waals surface area (Å²) in [5.74, 6) is -0.589. The first-order valence-electron chi connectivity index (χ1n) is 7.32. The maximum absolute atomic E-state index is 10.7. The number of aliphatic hydroxyl groups is 1. The molecule has 3 aromatic carbocycles. The van der Waals surface area contributed by atoms with Crippen LogP contribution in [0.2, 0.25) is 0 Å². The number of aliphatic hydroxyl groups excluding tert-OH is 1. The highest BCUT2D eigenvalue weighted by Gasteiger charge is 2.24. The van der Waals surface area contributed by atoms with Crippen LogP contribution >= 0.6 is 0 Å². The summed E-state index contributed by atoms with van der Waals surface area (Å²) >= 11 is 0. The van der Waals surface area contributed by atoms with Gasteiger partial charge in [0.25, 0.3) is 0 Å². The first-order chi connectivity index (χ1) is 10.7. The number of rotatable bonds is 3. The molecule has 0 aliphatic rings. The van der Waals surface area contributed by atoms with Crippen LogP contribution in [0.4, 0.5) is 0 Å². The van der Waals surface area contributed by atoms with E-state index in [1.165, 1.54) is 0 Å². The lowest BCUT2D eigenvalue weighted by molar-refractivity contribution is 0.164. The smallest absolute Gasteiger partial charge is 0.102 e. The summed E-state index contributed by atoms with van der Waals surface area (Å²) in [7, 11) is 0. The van der Waals surface area contributed by atoms with Crippen LogP contribution in [0, 0.1) is 18.3 Å². The molecule has 2 atom stereocenters. The Hall–Kier alpha value is -2.63. The Balaban J connectivity index is 2.07. The van der Waals surface area contributed by atoms with Crippen molar-refractivity contribution in [1.82, 2.24) is 0 Å². The third-order valence-corrected chi connectivity index (χ3v) is 4.03. The number of fused-ring (bicyclic) bond motifs is 1. The van der Waals surface area contributed by atoms with Gasteiger partial charge in [0.05, 0.1) is 12.2 Å². The van der Waals surface area contributed by atoms with Gasteiger partial charge in [-0.25, -0.2) is 0 Å². The summed E-state index contributed by atoms with van der Waals surface area (Å²) in [6, 6.07) is 23.8. The molecule has 1 N–H and O–H groups in total. The van der Waals surface area contributed by atoms with Gasteiger partial charge in [-0.2, -0.15) is 5.26 Å². The predicted octanol–water partition coefficient (Wildman–Crippen LogP) is 4.49. The standard InChI is InChI=1S/C20H17NO/c1-14-9-11-16(12-10-14)20(22)19(13-21)18-8-4-6-15-5-2-3-7-17(15)18/h2-12,19-20,22H,1H3/t19-,20+/m1/s1. The Labute approximate surface area is 130 Å². The first-order valence-corrected chi connectivity index (χ1v) is 7.32. The molecule has 3 aromatic rings. The highest BCUT2D eigenvalue weighted by Crippen LogP contribution is 2.34. The van der Waals surface area contributed by atoms with E-state index in [0.29, 0.717) is 0 Å². The second-order valence-electron chi connectivity index (χ2n) is 5.53. The molecule has 0 saturated carbocycles. The average Bonchev–Trinajstić information content (AvgIpc) is 2.56. The summed E-state index contributed by atoms with van der Waals surface area (Å²) in [5.41, 5.74) is 2.77. The zero-order chi connectivity index (χ0) is 15.5. The summed E-state index contributed by atoms with van der Waals surface area (Å²) < 4.78 is 0. The van der Waals surface area contributed by atoms with Crippen molar-refractivity contribution in [3.05, 3.63) is 83.4 Å². The second kappa shape index (κ2) is 6.01. The number of hydrogen-bond acceptors (Lipinski definition) is 2. The van der Waals surface area contributed by atoms with E-state index in [1.807, 2.05) is 73.7 Å². The number of hydrogen-bond donors (Lipinski definition) is 1. The highest BCUT2D eigenvalue weighted by molar-refractivity contribution is 5.86. The molecule has 0 heterocycles. The zero-order valence-corrected chi connectivity index (χ0v) is 12.4. The fourth-order valence-electron chi connectivity index (χ4n) is 2.79. The van der Waals surface area contributed by atoms with Crippen molar-refractivity contribution in [2.45, 2.75) is 18.9 Å². The summed E-state index contributed by atoms with van der Waals surface area (Å²) in [6.07, 6.45) is -0.837. The van der Waals surface area contributed by atoms with Crippen LogP contribution in [0.1, 0.15) is 28.7 Å². The Kier molecular flexibility index (Phi) is 3.91. The van der Waals surface area contributed by atoms with E-state index in [9.17, 15) is 10.4 Å². The molecule has 0 fully saturated rings. The largest absolute Gasteiger partial charge is 0.387 e. The minimum absolute atomic E-state index is 0.589. The number of aryl methyl sites for hydroxylation is 1. The van der Waals surface area contributed by atoms with Gasteiger partial charge in [0, 0.05) is 0 Å². The number of benzene rings is 3. The van der Waals surface area contributed by atoms with E-state index in [4.69, 9.17) is 0 Å². The van der Waals surface area contributed by atoms with E-state index in [0.717, 1.165) is 27.5 Å². The van der Waals surface area contributed by atoms with Crippen LogP contribution < -0.4 is 0 Å². The van der Waals surface area contributed by atoms with Crippen molar-refractivity contribution in [2.75, 3.05) is 0 Å². The fraction of sp³-hybridized carbons (Fsp3) is 0.150. The summed E-state index contributed by atoms with van der Waals surface area (Å²) in [4.78, 5) is 0. The van der Waals surface area contributed by atoms with E-state index in [-0.39, 0.29) is 0 Å². The van der Waals surface area contributed by atoms with E-state index in [2.05, 4.69) is 6.07 Å². The fourth-order valence-corrected chi connectivity index (χ4v) is 2.79. The van der Waals surface area contributed by atoms with Gasteiger partial charge in [0.2, 0.25) is 0 Å². The van der Waals surface area contributed by atoms with Crippen LogP contribution in [0.15, 0.2) is 66.7 Å². The van der Waals surface area contributed by atoms with Gasteiger partial charge in [-0.15, -0.1) is 0 Å². The molecule has 0 aliphatic heterocycles. The normalized spacial score (nSPS) is 13.5. The maximum atomic E-state index is 10.7. The van der Waals surface area contributed by atoms with Gasteiger partial charge >= 0.3 is 0 Å². The molecular formula is C20H17NO. The third-order valence-electron chi connectivity index (χ3n) is 4.03. The van der Waals surface area contributed by atoms with Crippen LogP contribution in [-0.4, -0.2) is 5.11 Å². The molecule has 0 aliphatic carbocycles. The molecule has 2 nitrogen and oxygen atoms in total. The Bertz CT molecular complexity index is 825. The van der Waals surface area contributed by atoms with E-state index < -0.39 is 12.0 Å². The molecular weight excluding hydrogens is 270 g/mol. The molecule has 3 rings (SSSR count). The SMILES string of the molecule is Cc1ccc([C@H](O)[C@H](C#N)c2cccc3ccccc23)cc1. The molecule has 2 heteroatoms. The van der Waals surface area contributed by atoms with Crippen LogP contribution in [0.25, 0.3) is 10.8 Å². The molecule has 22 heavy (non-hydrogen) atoms. The minimum atomic E-state index is -0.837. The van der Waals surface area contributed by atoms with Gasteiger partial charge in [-0.1, -0.05) is 72.3 Å². The molecule has 0 bridgehead atoms. The molecule has 0 saturated heterocycles. The van der Waals surface area contributed by atoms with Crippen molar-refractivity contribution >= 4 is 10.8 Å². The van der Waals surface area contributed by atoms with Gasteiger partial charge in [0.15, 0.2) is 0 Å². The Morgan fingerprint density at radius 1 is 0.909 bits per heavy atom. The molecule has 0 amide bonds. The van der Waals surface area contributed by atoms with Gasteiger partial charge in [-0.3, -0.25) is 0 Å². The molecule has 0 spiro atoms. The van der Waals surface area contributed by atoms with Crippen molar-refractivity contribution < 1.29 is 5.11 Å². The number of nitrogens with zero attached hydrogens (tertiary/aromatic N) is 1. The number of nitriles is 1. The average molecular weight is 287 g/mol. The van der Waals surface area contributed by atoms with Crippen molar-refractivity contribution in [3.63, 3.8) is 0 Å². The Morgan fingerprint density at radius 2 is 1.59 bits per heavy atom. The monoisotopic (exact) mass is 287 g/mol. The quantitative estimate of drug-likeness (QED) is 0.771. The van der Waals surface area contributed by atoms with Crippen LogP contribution in [-0.2, 0) is 0 Å². The van der Waals surface area contributed by atoms with Gasteiger partial charge in [-0.05, 0) is 28.8 Å². The first kappa shape index (κ1) is 14.3. The topological polar surface area (TPSA) is 44.0 Å². The van der Waals surface area contributed by atoms with Crippen molar-refractivity contribution in [1.29, 1.82) is 5.26 Å². The van der Waals surface area contributed by atoms with Crippen molar-refractivity contribution in [2.24, 2.45) is 0 Å². The van der Waals surface area contributed by atoms with Gasteiger partial charge < -0.3 is 5.11 Å². The lowest BCUT2D eigenvalue weighted by Gasteiger charge is -2.19.